The summed E-state index contributed by atoms with van der Waals surface area (Å²) in [6, 6.07) is 0. The maximum absolute atomic E-state index is 3.72. The topological polar surface area (TPSA) is 53.9 Å². The first kappa shape index (κ1) is 4.96. The standard InChI is InChI=1S/C4H6N4/c1-5-2-4-6-3-7-8-4/h2-3H,1H3,(H,6,7,8)/b5-2-. The normalized spacial score (nSPS) is 10.6. The molecule has 0 spiro atoms. The fourth-order valence-electron chi connectivity index (χ4n) is 0.400. The van der Waals surface area contributed by atoms with Crippen molar-refractivity contribution >= 4 is 6.21 Å². The number of rotatable bonds is 1. The molecule has 1 N–H and O–H groups in total. The molecule has 0 bridgehead atoms. The summed E-state index contributed by atoms with van der Waals surface area (Å²) < 4.78 is 0. The maximum Gasteiger partial charge on any atom is 0.171 e. The fourth-order valence-corrected chi connectivity index (χ4v) is 0.400. The van der Waals surface area contributed by atoms with Crippen LogP contribution in [0.25, 0.3) is 0 Å². The van der Waals surface area contributed by atoms with Crippen molar-refractivity contribution < 1.29 is 0 Å². The molecule has 8 heavy (non-hydrogen) atoms. The molecular formula is C4H6N4. The molecule has 0 aliphatic rings. The van der Waals surface area contributed by atoms with Gasteiger partial charge in [-0.3, -0.25) is 4.99 Å². The second-order valence-electron chi connectivity index (χ2n) is 1.26. The van der Waals surface area contributed by atoms with Gasteiger partial charge >= 0.3 is 0 Å². The monoisotopic (exact) mass is 110 g/mol. The van der Waals surface area contributed by atoms with Crippen LogP contribution in [0.1, 0.15) is 5.82 Å². The molecule has 0 amide bonds. The molecule has 0 aromatic carbocycles. The molecule has 0 aliphatic heterocycles. The van der Waals surface area contributed by atoms with E-state index in [0.717, 1.165) is 0 Å². The van der Waals surface area contributed by atoms with Crippen LogP contribution < -0.4 is 0 Å². The van der Waals surface area contributed by atoms with Gasteiger partial charge in [0, 0.05) is 7.05 Å². The average Bonchev–Trinajstić information content (AvgIpc) is 2.19. The highest BCUT2D eigenvalue weighted by Gasteiger charge is 1.83. The van der Waals surface area contributed by atoms with Crippen molar-refractivity contribution in [3.8, 4) is 0 Å². The maximum atomic E-state index is 3.72. The summed E-state index contributed by atoms with van der Waals surface area (Å²) in [5.41, 5.74) is 0. The highest BCUT2D eigenvalue weighted by Crippen LogP contribution is 1.75. The average molecular weight is 110 g/mol. The molecule has 1 heterocycles. The third kappa shape index (κ3) is 0.900. The lowest BCUT2D eigenvalue weighted by molar-refractivity contribution is 1.08. The Kier molecular flexibility index (Phi) is 1.37. The van der Waals surface area contributed by atoms with Crippen molar-refractivity contribution in [2.75, 3.05) is 7.05 Å². The van der Waals surface area contributed by atoms with Gasteiger partial charge in [-0.1, -0.05) is 0 Å². The molecule has 0 unspecified atom stereocenters. The van der Waals surface area contributed by atoms with Gasteiger partial charge in [0.05, 0.1) is 6.21 Å². The zero-order valence-electron chi connectivity index (χ0n) is 4.50. The summed E-state index contributed by atoms with van der Waals surface area (Å²) in [6.07, 6.45) is 3.12. The highest BCUT2D eigenvalue weighted by molar-refractivity contribution is 5.73. The number of aromatic amines is 1. The smallest absolute Gasteiger partial charge is 0.171 e. The molecule has 1 rings (SSSR count). The van der Waals surface area contributed by atoms with E-state index < -0.39 is 0 Å². The molecular weight excluding hydrogens is 104 g/mol. The lowest BCUT2D eigenvalue weighted by atomic mass is 10.7. The van der Waals surface area contributed by atoms with Gasteiger partial charge in [-0.15, -0.1) is 10.2 Å². The lowest BCUT2D eigenvalue weighted by Gasteiger charge is -1.73. The van der Waals surface area contributed by atoms with Gasteiger partial charge < -0.3 is 4.98 Å². The Morgan fingerprint density at radius 1 is 1.88 bits per heavy atom. The minimum Gasteiger partial charge on any atom is -0.327 e. The first-order valence-corrected chi connectivity index (χ1v) is 2.21. The zero-order valence-corrected chi connectivity index (χ0v) is 4.50. The number of aromatic nitrogens is 3. The van der Waals surface area contributed by atoms with Gasteiger partial charge in [0.1, 0.15) is 6.33 Å². The Balaban J connectivity index is 2.77. The predicted octanol–water partition coefficient (Wildman–Crippen LogP) is -0.147. The second kappa shape index (κ2) is 2.20. The highest BCUT2D eigenvalue weighted by atomic mass is 15.2. The third-order valence-corrected chi connectivity index (χ3v) is 0.687. The number of H-pyrrole nitrogens is 1. The summed E-state index contributed by atoms with van der Waals surface area (Å²) in [5, 5.41) is 7.20. The largest absolute Gasteiger partial charge is 0.327 e. The fraction of sp³-hybridized carbons (Fsp3) is 0.250. The summed E-state index contributed by atoms with van der Waals surface area (Å²) >= 11 is 0. The van der Waals surface area contributed by atoms with Gasteiger partial charge in [-0.2, -0.15) is 0 Å². The first-order chi connectivity index (χ1) is 3.93. The summed E-state index contributed by atoms with van der Waals surface area (Å²) in [5.74, 6) is 0.688. The molecule has 0 saturated heterocycles. The van der Waals surface area contributed by atoms with Crippen LogP contribution in [0.3, 0.4) is 0 Å². The molecule has 0 atom stereocenters. The van der Waals surface area contributed by atoms with E-state index in [1.165, 1.54) is 6.33 Å². The van der Waals surface area contributed by atoms with Crippen molar-refractivity contribution in [1.82, 2.24) is 15.2 Å². The Labute approximate surface area is 46.7 Å². The Morgan fingerprint density at radius 3 is 3.25 bits per heavy atom. The van der Waals surface area contributed by atoms with Crippen molar-refractivity contribution in [2.24, 2.45) is 4.99 Å². The molecule has 0 aliphatic carbocycles. The van der Waals surface area contributed by atoms with Gasteiger partial charge in [0.15, 0.2) is 5.82 Å². The lowest BCUT2D eigenvalue weighted by Crippen LogP contribution is -1.81. The van der Waals surface area contributed by atoms with Crippen LogP contribution in [-0.4, -0.2) is 28.4 Å². The number of aliphatic imine (C=N–C) groups is 1. The van der Waals surface area contributed by atoms with E-state index in [9.17, 15) is 0 Å². The van der Waals surface area contributed by atoms with Crippen LogP contribution in [-0.2, 0) is 0 Å². The summed E-state index contributed by atoms with van der Waals surface area (Å²) in [7, 11) is 1.68. The van der Waals surface area contributed by atoms with Crippen LogP contribution in [0, 0.1) is 0 Å². The minimum absolute atomic E-state index is 0.688. The molecule has 1 aromatic heterocycles. The molecule has 42 valence electrons. The van der Waals surface area contributed by atoms with Crippen molar-refractivity contribution in [3.63, 3.8) is 0 Å². The number of hydrogen-bond acceptors (Lipinski definition) is 3. The molecule has 1 aromatic rings. The van der Waals surface area contributed by atoms with Crippen LogP contribution in [0.5, 0.6) is 0 Å². The zero-order chi connectivity index (χ0) is 5.82. The van der Waals surface area contributed by atoms with Crippen LogP contribution in [0.4, 0.5) is 0 Å². The minimum atomic E-state index is 0.688. The Hall–Kier alpha value is -1.19. The Bertz CT molecular complexity index is 164. The van der Waals surface area contributed by atoms with E-state index in [2.05, 4.69) is 20.2 Å². The summed E-state index contributed by atoms with van der Waals surface area (Å²) in [4.78, 5) is 6.49. The van der Waals surface area contributed by atoms with E-state index in [1.807, 2.05) is 0 Å². The molecule has 0 fully saturated rings. The number of nitrogens with zero attached hydrogens (tertiary/aromatic N) is 3. The predicted molar refractivity (Wildman–Crippen MR) is 29.9 cm³/mol. The quantitative estimate of drug-likeness (QED) is 0.511. The van der Waals surface area contributed by atoms with E-state index in [4.69, 9.17) is 0 Å². The molecule has 4 nitrogen and oxygen atoms in total. The van der Waals surface area contributed by atoms with Crippen molar-refractivity contribution in [3.05, 3.63) is 12.2 Å². The van der Waals surface area contributed by atoms with E-state index in [-0.39, 0.29) is 0 Å². The van der Waals surface area contributed by atoms with Gasteiger partial charge in [0.25, 0.3) is 0 Å². The van der Waals surface area contributed by atoms with Crippen molar-refractivity contribution in [1.29, 1.82) is 0 Å². The number of hydrogen-bond donors (Lipinski definition) is 1. The first-order valence-electron chi connectivity index (χ1n) is 2.21. The van der Waals surface area contributed by atoms with E-state index in [1.54, 1.807) is 13.3 Å². The summed E-state index contributed by atoms with van der Waals surface area (Å²) in [6.45, 7) is 0. The second-order valence-corrected chi connectivity index (χ2v) is 1.26. The van der Waals surface area contributed by atoms with Gasteiger partial charge in [0.2, 0.25) is 0 Å². The number of nitrogens with one attached hydrogen (secondary N) is 1. The van der Waals surface area contributed by atoms with Crippen molar-refractivity contribution in [2.45, 2.75) is 0 Å². The van der Waals surface area contributed by atoms with Gasteiger partial charge in [-0.05, 0) is 0 Å². The Morgan fingerprint density at radius 2 is 2.75 bits per heavy atom. The third-order valence-electron chi connectivity index (χ3n) is 0.687. The van der Waals surface area contributed by atoms with Crippen LogP contribution in [0.15, 0.2) is 11.3 Å². The van der Waals surface area contributed by atoms with Crippen LogP contribution >= 0.6 is 0 Å². The molecule has 4 heteroatoms. The van der Waals surface area contributed by atoms with Crippen LogP contribution in [0.2, 0.25) is 0 Å². The van der Waals surface area contributed by atoms with E-state index >= 15 is 0 Å². The van der Waals surface area contributed by atoms with Gasteiger partial charge in [-0.25, -0.2) is 0 Å². The molecule has 0 radical (unpaired) electrons. The van der Waals surface area contributed by atoms with E-state index in [0.29, 0.717) is 5.82 Å². The molecule has 0 saturated carbocycles. The SMILES string of the molecule is C/N=C\c1nnc[nH]1.